The van der Waals surface area contributed by atoms with Crippen molar-refractivity contribution >= 4 is 23.8 Å². The minimum atomic E-state index is -1.01. The van der Waals surface area contributed by atoms with E-state index in [0.717, 1.165) is 109 Å². The molecule has 0 aromatic carbocycles. The second-order valence-corrected chi connectivity index (χ2v) is 20.3. The quantitative estimate of drug-likeness (QED) is 0.0874. The Morgan fingerprint density at radius 3 is 2.08 bits per heavy atom. The van der Waals surface area contributed by atoms with E-state index in [1.807, 2.05) is 0 Å². The first kappa shape index (κ1) is 41.8. The van der Waals surface area contributed by atoms with Gasteiger partial charge in [-0.25, -0.2) is 0 Å². The minimum Gasteiger partial charge on any atom is -0.480 e. The molecule has 300 valence electrons. The lowest BCUT2D eigenvalue weighted by Gasteiger charge is -2.71. The summed E-state index contributed by atoms with van der Waals surface area (Å²) in [6, 6.07) is 0. The number of carbonyl (C=O) groups excluding carboxylic acids is 3. The van der Waals surface area contributed by atoms with Crippen molar-refractivity contribution in [1.29, 1.82) is 0 Å². The summed E-state index contributed by atoms with van der Waals surface area (Å²) < 4.78 is 5.95. The van der Waals surface area contributed by atoms with Crippen LogP contribution in [-0.2, 0) is 23.9 Å². The van der Waals surface area contributed by atoms with Crippen LogP contribution >= 0.6 is 0 Å². The molecule has 4 fully saturated rings. The summed E-state index contributed by atoms with van der Waals surface area (Å²) in [6.45, 7) is 19.4. The van der Waals surface area contributed by atoms with E-state index in [0.29, 0.717) is 30.1 Å². The predicted octanol–water partition coefficient (Wildman–Crippen LogP) is 9.55. The molecular formula is C45H74N2O6. The molecule has 0 radical (unpaired) electrons. The van der Waals surface area contributed by atoms with E-state index in [-0.39, 0.29) is 57.0 Å². The Balaban J connectivity index is 1.18. The maximum Gasteiger partial charge on any atom is 0.322 e. The van der Waals surface area contributed by atoms with Gasteiger partial charge in [-0.1, -0.05) is 98.6 Å². The molecular weight excluding hydrogens is 665 g/mol. The molecule has 0 aliphatic heterocycles. The van der Waals surface area contributed by atoms with Crippen molar-refractivity contribution in [2.75, 3.05) is 13.1 Å². The monoisotopic (exact) mass is 739 g/mol. The molecule has 3 N–H and O–H groups in total. The van der Waals surface area contributed by atoms with Crippen molar-refractivity contribution in [2.24, 2.45) is 50.2 Å². The summed E-state index contributed by atoms with van der Waals surface area (Å²) in [6.07, 6.45) is 22.3. The van der Waals surface area contributed by atoms with Gasteiger partial charge < -0.3 is 20.5 Å². The van der Waals surface area contributed by atoms with Gasteiger partial charge in [-0.2, -0.15) is 0 Å². The zero-order valence-corrected chi connectivity index (χ0v) is 34.7. The van der Waals surface area contributed by atoms with Crippen LogP contribution in [0, 0.1) is 50.2 Å². The molecule has 0 aromatic rings. The highest BCUT2D eigenvalue weighted by Crippen LogP contribution is 2.75. The highest BCUT2D eigenvalue weighted by atomic mass is 16.5. The first-order valence-electron chi connectivity index (χ1n) is 21.5. The largest absolute Gasteiger partial charge is 0.480 e. The SMILES string of the molecule is CC(=O)O[C@H]1CC[C@@]2(C)C(CC[C@]3(C)C2CC=C2C4CC(C)(C)CC[C@]4(C(=O)NCCCCCCCCCCC(=O)NCC(=O)O)CC[C@]23C)C1(C)C. The Hall–Kier alpha value is -2.38. The number of fused-ring (bicyclic) bond motifs is 7. The Morgan fingerprint density at radius 2 is 1.42 bits per heavy atom. The highest BCUT2D eigenvalue weighted by molar-refractivity contribution is 5.84. The first-order valence-corrected chi connectivity index (χ1v) is 21.5. The fourth-order valence-corrected chi connectivity index (χ4v) is 13.1. The average molecular weight is 739 g/mol. The van der Waals surface area contributed by atoms with Gasteiger partial charge in [0.05, 0.1) is 5.41 Å². The molecule has 0 aromatic heterocycles. The summed E-state index contributed by atoms with van der Waals surface area (Å²) >= 11 is 0. The highest BCUT2D eigenvalue weighted by Gasteiger charge is 2.69. The van der Waals surface area contributed by atoms with E-state index < -0.39 is 5.97 Å². The Kier molecular flexibility index (Phi) is 12.6. The van der Waals surface area contributed by atoms with Crippen molar-refractivity contribution < 1.29 is 29.0 Å². The molecule has 0 heterocycles. The second-order valence-electron chi connectivity index (χ2n) is 20.3. The topological polar surface area (TPSA) is 122 Å². The van der Waals surface area contributed by atoms with Crippen LogP contribution in [0.1, 0.15) is 177 Å². The van der Waals surface area contributed by atoms with Crippen molar-refractivity contribution in [3.63, 3.8) is 0 Å². The summed E-state index contributed by atoms with van der Waals surface area (Å²) in [5.41, 5.74) is 1.93. The lowest BCUT2D eigenvalue weighted by atomic mass is 9.33. The third kappa shape index (κ3) is 8.13. The van der Waals surface area contributed by atoms with E-state index in [2.05, 4.69) is 65.2 Å². The van der Waals surface area contributed by atoms with E-state index >= 15 is 0 Å². The van der Waals surface area contributed by atoms with Crippen molar-refractivity contribution in [3.8, 4) is 0 Å². The third-order valence-corrected chi connectivity index (χ3v) is 16.4. The summed E-state index contributed by atoms with van der Waals surface area (Å²) in [4.78, 5) is 48.7. The molecule has 5 aliphatic carbocycles. The molecule has 8 heteroatoms. The van der Waals surface area contributed by atoms with E-state index in [4.69, 9.17) is 9.84 Å². The minimum absolute atomic E-state index is 0.0109. The van der Waals surface area contributed by atoms with Crippen LogP contribution in [0.15, 0.2) is 11.6 Å². The number of hydrogen-bond acceptors (Lipinski definition) is 5. The van der Waals surface area contributed by atoms with Gasteiger partial charge in [-0.15, -0.1) is 0 Å². The summed E-state index contributed by atoms with van der Waals surface area (Å²) in [5, 5.41) is 14.6. The summed E-state index contributed by atoms with van der Waals surface area (Å²) in [5.74, 6) is 0.350. The van der Waals surface area contributed by atoms with Crippen LogP contribution in [0.4, 0.5) is 0 Å². The van der Waals surface area contributed by atoms with Crippen molar-refractivity contribution in [2.45, 2.75) is 183 Å². The number of aliphatic carboxylic acids is 1. The van der Waals surface area contributed by atoms with Gasteiger partial charge in [0.1, 0.15) is 12.6 Å². The number of carbonyl (C=O) groups is 4. The molecule has 0 saturated heterocycles. The van der Waals surface area contributed by atoms with Gasteiger partial charge in [0, 0.05) is 25.3 Å². The maximum absolute atomic E-state index is 14.5. The fraction of sp³-hybridized carbons (Fsp3) is 0.867. The van der Waals surface area contributed by atoms with Gasteiger partial charge in [0.25, 0.3) is 0 Å². The van der Waals surface area contributed by atoms with Crippen molar-refractivity contribution in [1.82, 2.24) is 10.6 Å². The number of ether oxygens (including phenoxy) is 1. The molecule has 4 saturated carbocycles. The molecule has 5 rings (SSSR count). The zero-order chi connectivity index (χ0) is 38.9. The van der Waals surface area contributed by atoms with Crippen LogP contribution in [0.25, 0.3) is 0 Å². The Morgan fingerprint density at radius 1 is 0.774 bits per heavy atom. The fourth-order valence-electron chi connectivity index (χ4n) is 13.1. The molecule has 2 amide bonds. The van der Waals surface area contributed by atoms with Crippen LogP contribution in [0.2, 0.25) is 0 Å². The lowest BCUT2D eigenvalue weighted by molar-refractivity contribution is -0.212. The molecule has 3 unspecified atom stereocenters. The van der Waals surface area contributed by atoms with E-state index in [9.17, 15) is 19.2 Å². The van der Waals surface area contributed by atoms with Crippen LogP contribution in [-0.4, -0.2) is 48.1 Å². The number of allylic oxidation sites excluding steroid dienone is 2. The zero-order valence-electron chi connectivity index (χ0n) is 34.7. The van der Waals surface area contributed by atoms with E-state index in [1.54, 1.807) is 12.5 Å². The normalized spacial score (nSPS) is 36.7. The number of carboxylic acid groups (broad SMARTS) is 1. The van der Waals surface area contributed by atoms with Gasteiger partial charge >= 0.3 is 11.9 Å². The maximum atomic E-state index is 14.5. The number of carboxylic acids is 1. The van der Waals surface area contributed by atoms with E-state index in [1.165, 1.54) is 12.8 Å². The first-order chi connectivity index (χ1) is 24.8. The number of nitrogens with one attached hydrogen (secondary N) is 2. The second kappa shape index (κ2) is 16.0. The number of hydrogen-bond donors (Lipinski definition) is 3. The Labute approximate surface area is 321 Å². The molecule has 8 nitrogen and oxygen atoms in total. The number of amides is 2. The average Bonchev–Trinajstić information content (AvgIpc) is 3.07. The van der Waals surface area contributed by atoms with Gasteiger partial charge in [0.2, 0.25) is 11.8 Å². The van der Waals surface area contributed by atoms with Gasteiger partial charge in [-0.05, 0) is 116 Å². The van der Waals surface area contributed by atoms with Crippen LogP contribution in [0.3, 0.4) is 0 Å². The van der Waals surface area contributed by atoms with Crippen LogP contribution < -0.4 is 10.6 Å². The molecule has 5 aliphatic rings. The number of esters is 1. The molecule has 8 atom stereocenters. The van der Waals surface area contributed by atoms with Crippen LogP contribution in [0.5, 0.6) is 0 Å². The standard InChI is InChI=1S/C45H74N2O6/c1-31(48)53-36-21-22-42(6)34(41(36,4)5)20-23-44(8)35(42)19-18-32-33-29-40(2,3)24-26-45(33,27-25-43(32,44)7)39(52)46-28-16-14-12-10-9-11-13-15-17-37(49)47-30-38(50)51/h18,33-36H,9-17,19-30H2,1-8H3,(H,46,52)(H,47,49)(H,50,51)/t33?,34?,35?,36-,42-,43+,44+,45-/m0/s1. The smallest absolute Gasteiger partial charge is 0.322 e. The number of rotatable bonds is 15. The molecule has 53 heavy (non-hydrogen) atoms. The Bertz CT molecular complexity index is 1400. The van der Waals surface area contributed by atoms with Crippen molar-refractivity contribution in [3.05, 3.63) is 11.6 Å². The lowest BCUT2D eigenvalue weighted by Crippen LogP contribution is -2.65. The molecule has 0 spiro atoms. The third-order valence-electron chi connectivity index (χ3n) is 16.4. The predicted molar refractivity (Wildman–Crippen MR) is 210 cm³/mol. The summed E-state index contributed by atoms with van der Waals surface area (Å²) in [7, 11) is 0. The number of unbranched alkanes of at least 4 members (excludes halogenated alkanes) is 7. The van der Waals surface area contributed by atoms with Gasteiger partial charge in [0.15, 0.2) is 0 Å². The van der Waals surface area contributed by atoms with Gasteiger partial charge in [-0.3, -0.25) is 19.2 Å². The molecule has 0 bridgehead atoms.